The van der Waals surface area contributed by atoms with Crippen LogP contribution in [-0.2, 0) is 6.54 Å². The Morgan fingerprint density at radius 1 is 1.04 bits per heavy atom. The molecule has 27 heavy (non-hydrogen) atoms. The minimum Gasteiger partial charge on any atom is -0.497 e. The molecule has 1 aromatic heterocycles. The fraction of sp³-hybridized carbons (Fsp3) is 0.0952. The van der Waals surface area contributed by atoms with E-state index in [-0.39, 0.29) is 0 Å². The van der Waals surface area contributed by atoms with Gasteiger partial charge < -0.3 is 15.4 Å². The van der Waals surface area contributed by atoms with Gasteiger partial charge in [0, 0.05) is 30.2 Å². The molecule has 5 nitrogen and oxygen atoms in total. The first-order valence-corrected chi connectivity index (χ1v) is 8.87. The van der Waals surface area contributed by atoms with Gasteiger partial charge in [-0.25, -0.2) is 4.99 Å². The van der Waals surface area contributed by atoms with Gasteiger partial charge in [0.15, 0.2) is 5.11 Å². The summed E-state index contributed by atoms with van der Waals surface area (Å²) in [6.07, 6.45) is 3.54. The number of hydrogen-bond donors (Lipinski definition) is 2. The standard InChI is InChI=1S/C21H20N4OS/c1-26-19-11-9-18(10-12-19)24-20(17-7-3-2-4-8-17)25-21(27)23-15-16-6-5-13-22-14-16/h2-14H,15H2,1H3,(H2,23,24,25,27). The second kappa shape index (κ2) is 9.45. The predicted octanol–water partition coefficient (Wildman–Crippen LogP) is 4.02. The number of aliphatic imine (C=N–C) groups is 1. The Morgan fingerprint density at radius 3 is 2.48 bits per heavy atom. The van der Waals surface area contributed by atoms with Crippen molar-refractivity contribution in [3.8, 4) is 5.75 Å². The highest BCUT2D eigenvalue weighted by Crippen LogP contribution is 2.16. The Morgan fingerprint density at radius 2 is 1.81 bits per heavy atom. The number of aromatic nitrogens is 1. The molecule has 3 aromatic rings. The lowest BCUT2D eigenvalue weighted by molar-refractivity contribution is 0.415. The second-order valence-electron chi connectivity index (χ2n) is 5.70. The summed E-state index contributed by atoms with van der Waals surface area (Å²) in [6, 6.07) is 21.4. The smallest absolute Gasteiger partial charge is 0.195 e. The lowest BCUT2D eigenvalue weighted by atomic mass is 10.2. The quantitative estimate of drug-likeness (QED) is 0.400. The third-order valence-corrected chi connectivity index (χ3v) is 4.02. The van der Waals surface area contributed by atoms with E-state index >= 15 is 0 Å². The zero-order valence-corrected chi connectivity index (χ0v) is 15.7. The molecule has 3 rings (SSSR count). The van der Waals surface area contributed by atoms with Crippen LogP contribution < -0.4 is 15.4 Å². The molecule has 0 radical (unpaired) electrons. The molecule has 0 spiro atoms. The SMILES string of the molecule is COc1ccc(N/C(=N\C(=S)NCc2cccnc2)c2ccccc2)cc1. The van der Waals surface area contributed by atoms with E-state index < -0.39 is 0 Å². The van der Waals surface area contributed by atoms with Crippen LogP contribution in [0, 0.1) is 0 Å². The van der Waals surface area contributed by atoms with Crippen LogP contribution in [0.4, 0.5) is 5.69 Å². The second-order valence-corrected chi connectivity index (χ2v) is 6.09. The molecule has 136 valence electrons. The molecule has 0 fully saturated rings. The fourth-order valence-electron chi connectivity index (χ4n) is 2.39. The van der Waals surface area contributed by atoms with Gasteiger partial charge in [-0.05, 0) is 48.1 Å². The van der Waals surface area contributed by atoms with Crippen molar-refractivity contribution in [2.24, 2.45) is 4.99 Å². The first-order chi connectivity index (χ1) is 13.2. The van der Waals surface area contributed by atoms with Gasteiger partial charge in [0.05, 0.1) is 7.11 Å². The highest BCUT2D eigenvalue weighted by molar-refractivity contribution is 7.80. The molecule has 0 amide bonds. The lowest BCUT2D eigenvalue weighted by Crippen LogP contribution is -2.23. The Balaban J connectivity index is 1.76. The van der Waals surface area contributed by atoms with Gasteiger partial charge in [0.2, 0.25) is 0 Å². The fourth-order valence-corrected chi connectivity index (χ4v) is 2.56. The molecule has 0 atom stereocenters. The number of anilines is 1. The molecule has 2 aromatic carbocycles. The highest BCUT2D eigenvalue weighted by atomic mass is 32.1. The van der Waals surface area contributed by atoms with Gasteiger partial charge in [0.25, 0.3) is 0 Å². The minimum atomic E-state index is 0.402. The molecular weight excluding hydrogens is 356 g/mol. The molecule has 0 saturated carbocycles. The first-order valence-electron chi connectivity index (χ1n) is 8.46. The van der Waals surface area contributed by atoms with Gasteiger partial charge in [-0.3, -0.25) is 4.98 Å². The van der Waals surface area contributed by atoms with E-state index in [1.807, 2.05) is 66.7 Å². The molecule has 6 heteroatoms. The van der Waals surface area contributed by atoms with E-state index in [1.54, 1.807) is 19.5 Å². The molecule has 0 saturated heterocycles. The number of pyridine rings is 1. The number of methoxy groups -OCH3 is 1. The number of benzene rings is 2. The van der Waals surface area contributed by atoms with Crippen molar-refractivity contribution in [2.45, 2.75) is 6.54 Å². The summed E-state index contributed by atoms with van der Waals surface area (Å²) >= 11 is 5.41. The summed E-state index contributed by atoms with van der Waals surface area (Å²) in [7, 11) is 1.64. The maximum atomic E-state index is 5.41. The van der Waals surface area contributed by atoms with Crippen LogP contribution in [0.2, 0.25) is 0 Å². The van der Waals surface area contributed by atoms with E-state index in [0.717, 1.165) is 22.6 Å². The summed E-state index contributed by atoms with van der Waals surface area (Å²) in [5, 5.41) is 6.88. The summed E-state index contributed by atoms with van der Waals surface area (Å²) in [5.74, 6) is 1.47. The minimum absolute atomic E-state index is 0.402. The zero-order valence-electron chi connectivity index (χ0n) is 14.9. The maximum absolute atomic E-state index is 5.41. The molecule has 0 bridgehead atoms. The van der Waals surface area contributed by atoms with Crippen LogP contribution in [0.25, 0.3) is 0 Å². The van der Waals surface area contributed by atoms with Crippen LogP contribution in [0.1, 0.15) is 11.1 Å². The number of hydrogen-bond acceptors (Lipinski definition) is 3. The normalized spacial score (nSPS) is 10.9. The van der Waals surface area contributed by atoms with Gasteiger partial charge >= 0.3 is 0 Å². The molecule has 0 aliphatic carbocycles. The molecule has 1 heterocycles. The number of thiocarbonyl (C=S) groups is 1. The Bertz CT molecular complexity index is 896. The third-order valence-electron chi connectivity index (χ3n) is 3.78. The monoisotopic (exact) mass is 376 g/mol. The van der Waals surface area contributed by atoms with E-state index in [4.69, 9.17) is 17.0 Å². The summed E-state index contributed by atoms with van der Waals surface area (Å²) in [6.45, 7) is 0.570. The number of rotatable bonds is 5. The summed E-state index contributed by atoms with van der Waals surface area (Å²) < 4.78 is 5.20. The van der Waals surface area contributed by atoms with Crippen molar-refractivity contribution >= 4 is 28.9 Å². The van der Waals surface area contributed by atoms with Gasteiger partial charge in [-0.15, -0.1) is 0 Å². The van der Waals surface area contributed by atoms with Crippen molar-refractivity contribution in [3.05, 3.63) is 90.3 Å². The van der Waals surface area contributed by atoms with Gasteiger partial charge in [-0.1, -0.05) is 36.4 Å². The Kier molecular flexibility index (Phi) is 6.49. The van der Waals surface area contributed by atoms with Crippen LogP contribution >= 0.6 is 12.2 Å². The molecular formula is C21H20N4OS. The lowest BCUT2D eigenvalue weighted by Gasteiger charge is -2.12. The van der Waals surface area contributed by atoms with Crippen molar-refractivity contribution in [2.75, 3.05) is 12.4 Å². The van der Waals surface area contributed by atoms with Crippen LogP contribution in [0.5, 0.6) is 5.75 Å². The van der Waals surface area contributed by atoms with Crippen molar-refractivity contribution < 1.29 is 4.74 Å². The Labute approximate surface area is 164 Å². The van der Waals surface area contributed by atoms with E-state index in [0.29, 0.717) is 17.5 Å². The highest BCUT2D eigenvalue weighted by Gasteiger charge is 2.06. The summed E-state index contributed by atoms with van der Waals surface area (Å²) in [5.41, 5.74) is 2.88. The van der Waals surface area contributed by atoms with Gasteiger partial charge in [0.1, 0.15) is 11.6 Å². The Hall–Kier alpha value is -3.25. The third kappa shape index (κ3) is 5.62. The maximum Gasteiger partial charge on any atom is 0.195 e. The average molecular weight is 376 g/mol. The first kappa shape index (κ1) is 18.5. The van der Waals surface area contributed by atoms with Crippen molar-refractivity contribution in [1.82, 2.24) is 10.3 Å². The van der Waals surface area contributed by atoms with Crippen molar-refractivity contribution in [3.63, 3.8) is 0 Å². The van der Waals surface area contributed by atoms with Crippen LogP contribution in [0.3, 0.4) is 0 Å². The summed E-state index contributed by atoms with van der Waals surface area (Å²) in [4.78, 5) is 8.67. The van der Waals surface area contributed by atoms with Crippen LogP contribution in [-0.4, -0.2) is 23.0 Å². The number of nitrogens with one attached hydrogen (secondary N) is 2. The topological polar surface area (TPSA) is 58.5 Å². The molecule has 2 N–H and O–H groups in total. The average Bonchev–Trinajstić information content (AvgIpc) is 2.74. The van der Waals surface area contributed by atoms with E-state index in [1.165, 1.54) is 0 Å². The van der Waals surface area contributed by atoms with Crippen LogP contribution in [0.15, 0.2) is 84.1 Å². The van der Waals surface area contributed by atoms with E-state index in [2.05, 4.69) is 20.6 Å². The van der Waals surface area contributed by atoms with E-state index in [9.17, 15) is 0 Å². The number of ether oxygens (including phenoxy) is 1. The van der Waals surface area contributed by atoms with Crippen molar-refractivity contribution in [1.29, 1.82) is 0 Å². The predicted molar refractivity (Wildman–Crippen MR) is 113 cm³/mol. The number of amidine groups is 1. The van der Waals surface area contributed by atoms with Gasteiger partial charge in [-0.2, -0.15) is 0 Å². The largest absolute Gasteiger partial charge is 0.497 e. The zero-order chi connectivity index (χ0) is 18.9. The molecule has 0 unspecified atom stereocenters. The molecule has 0 aliphatic heterocycles. The molecule has 0 aliphatic rings. The number of nitrogens with zero attached hydrogens (tertiary/aromatic N) is 2.